The highest BCUT2D eigenvalue weighted by Crippen LogP contribution is 2.37. The predicted octanol–water partition coefficient (Wildman–Crippen LogP) is 3.43. The van der Waals surface area contributed by atoms with E-state index in [2.05, 4.69) is 28.6 Å². The molecule has 1 aromatic carbocycles. The molecule has 4 rings (SSSR count). The summed E-state index contributed by atoms with van der Waals surface area (Å²) in [6.45, 7) is 1.99. The Morgan fingerprint density at radius 1 is 1.12 bits per heavy atom. The van der Waals surface area contributed by atoms with E-state index in [1.165, 1.54) is 22.5 Å². The van der Waals surface area contributed by atoms with Crippen LogP contribution in [0.15, 0.2) is 30.3 Å². The van der Waals surface area contributed by atoms with Crippen molar-refractivity contribution in [3.63, 3.8) is 0 Å². The van der Waals surface area contributed by atoms with Crippen molar-refractivity contribution in [3.05, 3.63) is 50.7 Å². The third-order valence-corrected chi connectivity index (χ3v) is 8.11. The lowest BCUT2D eigenvalue weighted by Gasteiger charge is -2.30. The van der Waals surface area contributed by atoms with Crippen molar-refractivity contribution in [1.29, 1.82) is 0 Å². The highest BCUT2D eigenvalue weighted by molar-refractivity contribution is 7.18. The summed E-state index contributed by atoms with van der Waals surface area (Å²) in [4.78, 5) is 43.6. The van der Waals surface area contributed by atoms with Crippen molar-refractivity contribution < 1.29 is 14.4 Å². The van der Waals surface area contributed by atoms with Gasteiger partial charge in [-0.1, -0.05) is 17.7 Å². The number of amides is 3. The molecule has 1 fully saturated rings. The standard InChI is InChI=1S/C25H31ClN4O3S/c1-29(2)23(32)18-8-11-25(15-18,28-22(31)20-6-7-21(26)34-20)24(33)27-19-5-4-16-9-12-30(3)13-10-17(16)14-19/h4-7,14,18H,8-13,15H2,1-3H3,(H,27,33)(H,28,31). The van der Waals surface area contributed by atoms with Gasteiger partial charge in [-0.2, -0.15) is 0 Å². The number of carbonyl (C=O) groups excluding carboxylic acids is 3. The van der Waals surface area contributed by atoms with Gasteiger partial charge < -0.3 is 20.4 Å². The van der Waals surface area contributed by atoms with Crippen molar-refractivity contribution in [3.8, 4) is 0 Å². The minimum absolute atomic E-state index is 0.0303. The summed E-state index contributed by atoms with van der Waals surface area (Å²) in [6.07, 6.45) is 3.10. The van der Waals surface area contributed by atoms with E-state index < -0.39 is 5.54 Å². The largest absolute Gasteiger partial charge is 0.349 e. The number of carbonyl (C=O) groups is 3. The van der Waals surface area contributed by atoms with Crippen LogP contribution >= 0.6 is 22.9 Å². The van der Waals surface area contributed by atoms with Gasteiger partial charge >= 0.3 is 0 Å². The number of anilines is 1. The van der Waals surface area contributed by atoms with Crippen LogP contribution in [-0.2, 0) is 22.4 Å². The van der Waals surface area contributed by atoms with Crippen molar-refractivity contribution in [2.45, 2.75) is 37.6 Å². The Morgan fingerprint density at radius 2 is 1.85 bits per heavy atom. The van der Waals surface area contributed by atoms with Gasteiger partial charge in [0.15, 0.2) is 0 Å². The van der Waals surface area contributed by atoms with Crippen LogP contribution in [0.5, 0.6) is 0 Å². The number of fused-ring (bicyclic) bond motifs is 1. The molecule has 3 amide bonds. The maximum Gasteiger partial charge on any atom is 0.262 e. The molecule has 2 aliphatic rings. The number of benzene rings is 1. The normalized spacial score (nSPS) is 22.5. The fourth-order valence-electron chi connectivity index (χ4n) is 4.88. The molecule has 0 spiro atoms. The van der Waals surface area contributed by atoms with Crippen LogP contribution in [0.3, 0.4) is 0 Å². The number of thiophene rings is 1. The van der Waals surface area contributed by atoms with Gasteiger partial charge in [-0.25, -0.2) is 0 Å². The van der Waals surface area contributed by atoms with Gasteiger partial charge in [-0.15, -0.1) is 11.3 Å². The Bertz CT molecular complexity index is 1100. The number of rotatable bonds is 5. The molecule has 2 atom stereocenters. The number of nitrogens with one attached hydrogen (secondary N) is 2. The van der Waals surface area contributed by atoms with Crippen LogP contribution in [0.4, 0.5) is 5.69 Å². The molecule has 2 aromatic rings. The number of hydrogen-bond acceptors (Lipinski definition) is 5. The molecule has 2 N–H and O–H groups in total. The van der Waals surface area contributed by atoms with E-state index in [9.17, 15) is 14.4 Å². The molecule has 1 saturated carbocycles. The second kappa shape index (κ2) is 10.1. The van der Waals surface area contributed by atoms with Crippen molar-refractivity contribution >= 4 is 46.3 Å². The van der Waals surface area contributed by atoms with Gasteiger partial charge in [0, 0.05) is 38.8 Å². The number of halogens is 1. The van der Waals surface area contributed by atoms with Crippen LogP contribution in [0.25, 0.3) is 0 Å². The third kappa shape index (κ3) is 5.29. The Balaban J connectivity index is 1.57. The summed E-state index contributed by atoms with van der Waals surface area (Å²) < 4.78 is 0.506. The van der Waals surface area contributed by atoms with Gasteiger partial charge in [0.25, 0.3) is 5.91 Å². The summed E-state index contributed by atoms with van der Waals surface area (Å²) >= 11 is 7.18. The molecule has 2 heterocycles. The molecule has 0 radical (unpaired) electrons. The second-order valence-electron chi connectivity index (χ2n) is 9.55. The summed E-state index contributed by atoms with van der Waals surface area (Å²) in [6, 6.07) is 9.35. The summed E-state index contributed by atoms with van der Waals surface area (Å²) in [7, 11) is 5.54. The summed E-state index contributed by atoms with van der Waals surface area (Å²) in [5.74, 6) is -0.994. The minimum atomic E-state index is -1.17. The first-order chi connectivity index (χ1) is 16.2. The molecule has 34 heavy (non-hydrogen) atoms. The smallest absolute Gasteiger partial charge is 0.262 e. The molecular weight excluding hydrogens is 472 g/mol. The van der Waals surface area contributed by atoms with Gasteiger partial charge in [-0.05, 0) is 74.5 Å². The average Bonchev–Trinajstić information content (AvgIpc) is 3.39. The zero-order valence-electron chi connectivity index (χ0n) is 19.8. The lowest BCUT2D eigenvalue weighted by atomic mass is 9.93. The Hall–Kier alpha value is -2.42. The van der Waals surface area contributed by atoms with Gasteiger partial charge in [0.2, 0.25) is 11.8 Å². The zero-order chi connectivity index (χ0) is 24.5. The van der Waals surface area contributed by atoms with Crippen LogP contribution < -0.4 is 10.6 Å². The van der Waals surface area contributed by atoms with Crippen LogP contribution in [0, 0.1) is 5.92 Å². The predicted molar refractivity (Wildman–Crippen MR) is 136 cm³/mol. The van der Waals surface area contributed by atoms with Crippen LogP contribution in [-0.4, -0.2) is 67.3 Å². The minimum Gasteiger partial charge on any atom is -0.349 e. The molecule has 0 bridgehead atoms. The monoisotopic (exact) mass is 502 g/mol. The zero-order valence-corrected chi connectivity index (χ0v) is 21.4. The number of nitrogens with zero attached hydrogens (tertiary/aromatic N) is 2. The maximum absolute atomic E-state index is 13.7. The first-order valence-corrected chi connectivity index (χ1v) is 12.8. The summed E-state index contributed by atoms with van der Waals surface area (Å²) in [5, 5.41) is 6.01. The molecule has 9 heteroatoms. The SMILES string of the molecule is CN1CCc2ccc(NC(=O)C3(NC(=O)c4ccc(Cl)s4)CCC(C(=O)N(C)C)C3)cc2CC1. The lowest BCUT2D eigenvalue weighted by Crippen LogP contribution is -2.55. The molecular formula is C25H31ClN4O3S. The number of likely N-dealkylation sites (N-methyl/N-ethyl adjacent to an activating group) is 1. The quantitative estimate of drug-likeness (QED) is 0.656. The first-order valence-electron chi connectivity index (χ1n) is 11.6. The molecule has 1 aromatic heterocycles. The van der Waals surface area contributed by atoms with E-state index in [0.717, 1.165) is 25.9 Å². The van der Waals surface area contributed by atoms with E-state index in [1.54, 1.807) is 31.1 Å². The van der Waals surface area contributed by atoms with Crippen LogP contribution in [0.1, 0.15) is 40.1 Å². The molecule has 2 unspecified atom stereocenters. The van der Waals surface area contributed by atoms with Crippen molar-refractivity contribution in [2.24, 2.45) is 5.92 Å². The maximum atomic E-state index is 13.7. The average molecular weight is 503 g/mol. The van der Waals surface area contributed by atoms with E-state index in [0.29, 0.717) is 27.7 Å². The van der Waals surface area contributed by atoms with Crippen molar-refractivity contribution in [1.82, 2.24) is 15.1 Å². The van der Waals surface area contributed by atoms with E-state index in [1.807, 2.05) is 12.1 Å². The molecule has 1 aliphatic carbocycles. The highest BCUT2D eigenvalue weighted by Gasteiger charge is 2.49. The van der Waals surface area contributed by atoms with Gasteiger partial charge in [0.1, 0.15) is 5.54 Å². The van der Waals surface area contributed by atoms with E-state index in [4.69, 9.17) is 11.6 Å². The Morgan fingerprint density at radius 3 is 2.53 bits per heavy atom. The van der Waals surface area contributed by atoms with Crippen LogP contribution in [0.2, 0.25) is 4.34 Å². The third-order valence-electron chi connectivity index (χ3n) is 6.88. The summed E-state index contributed by atoms with van der Waals surface area (Å²) in [5.41, 5.74) is 2.08. The highest BCUT2D eigenvalue weighted by atomic mass is 35.5. The molecule has 1 aliphatic heterocycles. The van der Waals surface area contributed by atoms with E-state index in [-0.39, 0.29) is 30.1 Å². The fourth-order valence-corrected chi connectivity index (χ4v) is 5.82. The van der Waals surface area contributed by atoms with E-state index >= 15 is 0 Å². The number of hydrogen-bond donors (Lipinski definition) is 2. The van der Waals surface area contributed by atoms with Gasteiger partial charge in [-0.3, -0.25) is 14.4 Å². The Kier molecular flexibility index (Phi) is 7.31. The fraction of sp³-hybridized carbons (Fsp3) is 0.480. The first kappa shape index (κ1) is 24.7. The van der Waals surface area contributed by atoms with Gasteiger partial charge in [0.05, 0.1) is 9.21 Å². The molecule has 182 valence electrons. The lowest BCUT2D eigenvalue weighted by molar-refractivity contribution is -0.133. The second-order valence-corrected chi connectivity index (χ2v) is 11.3. The van der Waals surface area contributed by atoms with Crippen molar-refractivity contribution in [2.75, 3.05) is 39.5 Å². The Labute approximate surface area is 209 Å². The topological polar surface area (TPSA) is 81.8 Å². The molecule has 0 saturated heterocycles. The molecule has 7 nitrogen and oxygen atoms in total.